The highest BCUT2D eigenvalue weighted by molar-refractivity contribution is 7.09. The molecule has 0 radical (unpaired) electrons. The summed E-state index contributed by atoms with van der Waals surface area (Å²) in [5.74, 6) is 1.65. The van der Waals surface area contributed by atoms with Gasteiger partial charge < -0.3 is 0 Å². The zero-order valence-electron chi connectivity index (χ0n) is 13.0. The van der Waals surface area contributed by atoms with Crippen LogP contribution in [0, 0.1) is 18.8 Å². The van der Waals surface area contributed by atoms with Crippen LogP contribution >= 0.6 is 11.3 Å². The summed E-state index contributed by atoms with van der Waals surface area (Å²) in [6.07, 6.45) is 1.89. The molecule has 2 aliphatic heterocycles. The van der Waals surface area contributed by atoms with Crippen molar-refractivity contribution < 1.29 is 0 Å². The molecule has 0 aliphatic carbocycles. The van der Waals surface area contributed by atoms with Crippen molar-refractivity contribution in [2.24, 2.45) is 11.8 Å². The third kappa shape index (κ3) is 3.07. The van der Waals surface area contributed by atoms with Crippen molar-refractivity contribution in [3.63, 3.8) is 0 Å². The van der Waals surface area contributed by atoms with Crippen LogP contribution in [0.1, 0.15) is 16.4 Å². The molecule has 22 heavy (non-hydrogen) atoms. The van der Waals surface area contributed by atoms with Gasteiger partial charge in [-0.3, -0.25) is 14.8 Å². The van der Waals surface area contributed by atoms with Crippen molar-refractivity contribution in [2.75, 3.05) is 26.2 Å². The summed E-state index contributed by atoms with van der Waals surface area (Å²) >= 11 is 1.76. The van der Waals surface area contributed by atoms with Gasteiger partial charge >= 0.3 is 0 Å². The molecule has 2 atom stereocenters. The predicted molar refractivity (Wildman–Crippen MR) is 88.6 cm³/mol. The second-order valence-electron chi connectivity index (χ2n) is 6.59. The molecular formula is C17H22N4S. The largest absolute Gasteiger partial charge is 0.297 e. The van der Waals surface area contributed by atoms with Crippen molar-refractivity contribution in [2.45, 2.75) is 20.0 Å². The van der Waals surface area contributed by atoms with E-state index < -0.39 is 0 Å². The van der Waals surface area contributed by atoms with Gasteiger partial charge in [0.1, 0.15) is 0 Å². The highest BCUT2D eigenvalue weighted by Gasteiger charge is 2.39. The monoisotopic (exact) mass is 314 g/mol. The van der Waals surface area contributed by atoms with Gasteiger partial charge in [0.15, 0.2) is 0 Å². The number of thiazole rings is 1. The van der Waals surface area contributed by atoms with E-state index in [1.54, 1.807) is 11.3 Å². The molecule has 116 valence electrons. The molecule has 0 spiro atoms. The lowest BCUT2D eigenvalue weighted by Gasteiger charge is -2.20. The Morgan fingerprint density at radius 3 is 2.27 bits per heavy atom. The van der Waals surface area contributed by atoms with Gasteiger partial charge in [-0.1, -0.05) is 6.07 Å². The molecule has 2 saturated heterocycles. The zero-order valence-corrected chi connectivity index (χ0v) is 13.8. The lowest BCUT2D eigenvalue weighted by molar-refractivity contribution is 0.243. The Morgan fingerprint density at radius 1 is 1.05 bits per heavy atom. The van der Waals surface area contributed by atoms with Gasteiger partial charge in [-0.15, -0.1) is 11.3 Å². The number of fused-ring (bicyclic) bond motifs is 1. The minimum atomic E-state index is 0.823. The standard InChI is InChI=1S/C17H22N4S/c1-13-19-17(12-22-13)11-21-8-14-6-20(7-15(14)9-21)10-16-4-2-3-5-18-16/h2-5,12,14-15H,6-11H2,1H3/t14-,15+. The number of nitrogens with zero attached hydrogens (tertiary/aromatic N) is 4. The minimum absolute atomic E-state index is 0.823. The molecule has 0 N–H and O–H groups in total. The summed E-state index contributed by atoms with van der Waals surface area (Å²) < 4.78 is 0. The molecule has 2 fully saturated rings. The zero-order chi connectivity index (χ0) is 14.9. The summed E-state index contributed by atoms with van der Waals surface area (Å²) in [5.41, 5.74) is 2.44. The Labute approximate surface area is 135 Å². The van der Waals surface area contributed by atoms with E-state index in [0.717, 1.165) is 24.9 Å². The molecule has 0 amide bonds. The SMILES string of the molecule is Cc1nc(CN2C[C@H]3CN(Cc4ccccn4)C[C@H]3C2)cs1. The quantitative estimate of drug-likeness (QED) is 0.867. The Hall–Kier alpha value is -1.30. The minimum Gasteiger partial charge on any atom is -0.297 e. The normalized spacial score (nSPS) is 25.7. The summed E-state index contributed by atoms with van der Waals surface area (Å²) in [7, 11) is 0. The molecule has 5 heteroatoms. The average Bonchev–Trinajstić information content (AvgIpc) is 3.16. The first-order chi connectivity index (χ1) is 10.8. The van der Waals surface area contributed by atoms with Crippen molar-refractivity contribution in [1.82, 2.24) is 19.8 Å². The molecule has 0 aromatic carbocycles. The maximum atomic E-state index is 4.60. The number of pyridine rings is 1. The molecule has 0 unspecified atom stereocenters. The van der Waals surface area contributed by atoms with E-state index in [1.807, 2.05) is 12.3 Å². The van der Waals surface area contributed by atoms with Gasteiger partial charge in [-0.2, -0.15) is 0 Å². The number of likely N-dealkylation sites (tertiary alicyclic amines) is 2. The van der Waals surface area contributed by atoms with Gasteiger partial charge in [0.25, 0.3) is 0 Å². The first-order valence-electron chi connectivity index (χ1n) is 8.02. The number of aromatic nitrogens is 2. The summed E-state index contributed by atoms with van der Waals surface area (Å²) in [6, 6.07) is 6.20. The van der Waals surface area contributed by atoms with Crippen LogP contribution in [0.2, 0.25) is 0 Å². The Bertz CT molecular complexity index is 613. The molecule has 0 bridgehead atoms. The fraction of sp³-hybridized carbons (Fsp3) is 0.529. The number of hydrogen-bond acceptors (Lipinski definition) is 5. The first-order valence-corrected chi connectivity index (χ1v) is 8.90. The number of hydrogen-bond donors (Lipinski definition) is 0. The third-order valence-corrected chi connectivity index (χ3v) is 5.62. The van der Waals surface area contributed by atoms with E-state index >= 15 is 0 Å². The molecule has 4 nitrogen and oxygen atoms in total. The third-order valence-electron chi connectivity index (χ3n) is 4.80. The fourth-order valence-electron chi connectivity index (χ4n) is 3.88. The van der Waals surface area contributed by atoms with Gasteiger partial charge in [-0.05, 0) is 30.9 Å². The molecule has 2 aromatic rings. The van der Waals surface area contributed by atoms with Crippen LogP contribution in [0.3, 0.4) is 0 Å². The van der Waals surface area contributed by atoms with Gasteiger partial charge in [0.05, 0.1) is 16.4 Å². The Morgan fingerprint density at radius 2 is 1.73 bits per heavy atom. The maximum Gasteiger partial charge on any atom is 0.0897 e. The predicted octanol–water partition coefficient (Wildman–Crippen LogP) is 2.41. The lowest BCUT2D eigenvalue weighted by Crippen LogP contribution is -2.28. The highest BCUT2D eigenvalue weighted by Crippen LogP contribution is 2.32. The summed E-state index contributed by atoms with van der Waals surface area (Å²) in [6.45, 7) is 8.99. The van der Waals surface area contributed by atoms with E-state index in [1.165, 1.54) is 42.6 Å². The number of rotatable bonds is 4. The smallest absolute Gasteiger partial charge is 0.0897 e. The lowest BCUT2D eigenvalue weighted by atomic mass is 10.0. The van der Waals surface area contributed by atoms with Crippen molar-refractivity contribution in [1.29, 1.82) is 0 Å². The second kappa shape index (κ2) is 6.07. The summed E-state index contributed by atoms with van der Waals surface area (Å²) in [5, 5.41) is 3.38. The first kappa shape index (κ1) is 14.3. The van der Waals surface area contributed by atoms with Gasteiger partial charge in [0, 0.05) is 50.8 Å². The molecular weight excluding hydrogens is 292 g/mol. The van der Waals surface area contributed by atoms with Crippen LogP contribution in [0.4, 0.5) is 0 Å². The fourth-order valence-corrected chi connectivity index (χ4v) is 4.48. The van der Waals surface area contributed by atoms with Gasteiger partial charge in [0.2, 0.25) is 0 Å². The van der Waals surface area contributed by atoms with Gasteiger partial charge in [-0.25, -0.2) is 4.98 Å². The second-order valence-corrected chi connectivity index (χ2v) is 7.65. The summed E-state index contributed by atoms with van der Waals surface area (Å²) in [4.78, 5) is 14.2. The van der Waals surface area contributed by atoms with Crippen LogP contribution in [-0.4, -0.2) is 45.9 Å². The molecule has 4 heterocycles. The van der Waals surface area contributed by atoms with E-state index in [0.29, 0.717) is 0 Å². The molecule has 2 aliphatic rings. The maximum absolute atomic E-state index is 4.60. The van der Waals surface area contributed by atoms with Crippen molar-refractivity contribution in [3.8, 4) is 0 Å². The average molecular weight is 314 g/mol. The molecule has 4 rings (SSSR count). The van der Waals surface area contributed by atoms with E-state index in [4.69, 9.17) is 0 Å². The van der Waals surface area contributed by atoms with Crippen molar-refractivity contribution >= 4 is 11.3 Å². The van der Waals surface area contributed by atoms with E-state index in [-0.39, 0.29) is 0 Å². The Balaban J connectivity index is 1.31. The van der Waals surface area contributed by atoms with E-state index in [9.17, 15) is 0 Å². The van der Waals surface area contributed by atoms with Crippen LogP contribution in [0.25, 0.3) is 0 Å². The Kier molecular flexibility index (Phi) is 3.94. The number of aryl methyl sites for hydroxylation is 1. The van der Waals surface area contributed by atoms with Crippen LogP contribution in [-0.2, 0) is 13.1 Å². The topological polar surface area (TPSA) is 32.3 Å². The van der Waals surface area contributed by atoms with E-state index in [2.05, 4.69) is 44.2 Å². The van der Waals surface area contributed by atoms with Crippen LogP contribution in [0.5, 0.6) is 0 Å². The molecule has 2 aromatic heterocycles. The van der Waals surface area contributed by atoms with Crippen molar-refractivity contribution in [3.05, 3.63) is 46.2 Å². The highest BCUT2D eigenvalue weighted by atomic mass is 32.1. The molecule has 0 saturated carbocycles. The van der Waals surface area contributed by atoms with Crippen LogP contribution in [0.15, 0.2) is 29.8 Å². The van der Waals surface area contributed by atoms with Crippen LogP contribution < -0.4 is 0 Å².